The Kier molecular flexibility index (Phi) is 3.24. The fourth-order valence-electron chi connectivity index (χ4n) is 1.57. The summed E-state index contributed by atoms with van der Waals surface area (Å²) in [5.41, 5.74) is 0.731. The Balaban J connectivity index is 1.97. The molecule has 0 aromatic heterocycles. The van der Waals surface area contributed by atoms with E-state index in [2.05, 4.69) is 26.6 Å². The van der Waals surface area contributed by atoms with Gasteiger partial charge in [0.05, 0.1) is 0 Å². The number of nitrogens with one attached hydrogen (secondary N) is 2. The van der Waals surface area contributed by atoms with Crippen molar-refractivity contribution in [2.45, 2.75) is 18.9 Å². The highest BCUT2D eigenvalue weighted by Crippen LogP contribution is 2.15. The summed E-state index contributed by atoms with van der Waals surface area (Å²) >= 11 is 3.32. The number of rotatable bonds is 2. The predicted molar refractivity (Wildman–Crippen MR) is 63.9 cm³/mol. The Morgan fingerprint density at radius 1 is 1.38 bits per heavy atom. The van der Waals surface area contributed by atoms with Crippen molar-refractivity contribution < 1.29 is 9.59 Å². The van der Waals surface area contributed by atoms with Crippen LogP contribution in [0.2, 0.25) is 0 Å². The molecule has 0 unspecified atom stereocenters. The average molecular weight is 283 g/mol. The van der Waals surface area contributed by atoms with E-state index in [1.165, 1.54) is 0 Å². The van der Waals surface area contributed by atoms with Crippen molar-refractivity contribution >= 4 is 33.4 Å². The Morgan fingerprint density at radius 3 is 2.62 bits per heavy atom. The van der Waals surface area contributed by atoms with E-state index in [0.717, 1.165) is 10.2 Å². The normalized spacial score (nSPS) is 19.3. The summed E-state index contributed by atoms with van der Waals surface area (Å²) in [7, 11) is 0. The van der Waals surface area contributed by atoms with Crippen LogP contribution in [0.15, 0.2) is 28.7 Å². The first-order valence-electron chi connectivity index (χ1n) is 5.01. The van der Waals surface area contributed by atoms with Crippen molar-refractivity contribution in [3.8, 4) is 0 Å². The summed E-state index contributed by atoms with van der Waals surface area (Å²) in [6.45, 7) is 0. The summed E-state index contributed by atoms with van der Waals surface area (Å²) in [5, 5.41) is 5.38. The topological polar surface area (TPSA) is 58.2 Å². The number of halogens is 1. The van der Waals surface area contributed by atoms with Crippen molar-refractivity contribution in [2.24, 2.45) is 0 Å². The van der Waals surface area contributed by atoms with Gasteiger partial charge in [-0.05, 0) is 30.7 Å². The fraction of sp³-hybridized carbons (Fsp3) is 0.273. The zero-order valence-electron chi connectivity index (χ0n) is 8.50. The highest BCUT2D eigenvalue weighted by molar-refractivity contribution is 9.10. The molecule has 2 N–H and O–H groups in total. The smallest absolute Gasteiger partial charge is 0.246 e. The molecule has 1 saturated heterocycles. The molecule has 0 spiro atoms. The molecule has 1 heterocycles. The van der Waals surface area contributed by atoms with Crippen molar-refractivity contribution in [1.82, 2.24) is 5.32 Å². The lowest BCUT2D eigenvalue weighted by Gasteiger charge is -2.10. The lowest BCUT2D eigenvalue weighted by molar-refractivity contribution is -0.122. The van der Waals surface area contributed by atoms with Crippen LogP contribution in [0, 0.1) is 0 Å². The van der Waals surface area contributed by atoms with Crippen LogP contribution in [-0.2, 0) is 9.59 Å². The first kappa shape index (κ1) is 11.1. The van der Waals surface area contributed by atoms with Crippen molar-refractivity contribution in [1.29, 1.82) is 0 Å². The molecule has 16 heavy (non-hydrogen) atoms. The van der Waals surface area contributed by atoms with E-state index in [1.54, 1.807) is 12.1 Å². The summed E-state index contributed by atoms with van der Waals surface area (Å²) in [6, 6.07) is 6.92. The molecule has 1 fully saturated rings. The Labute approximate surface area is 102 Å². The van der Waals surface area contributed by atoms with Gasteiger partial charge in [-0.2, -0.15) is 0 Å². The molecule has 2 rings (SSSR count). The number of amides is 2. The van der Waals surface area contributed by atoms with Gasteiger partial charge >= 0.3 is 0 Å². The Bertz CT molecular complexity index is 416. The van der Waals surface area contributed by atoms with E-state index in [1.807, 2.05) is 12.1 Å². The molecule has 0 saturated carbocycles. The summed E-state index contributed by atoms with van der Waals surface area (Å²) in [6.07, 6.45) is 1.000. The molecular formula is C11H11BrN2O2. The number of anilines is 1. The van der Waals surface area contributed by atoms with Crippen LogP contribution in [0.25, 0.3) is 0 Å². The molecule has 1 aliphatic heterocycles. The highest BCUT2D eigenvalue weighted by atomic mass is 79.9. The van der Waals surface area contributed by atoms with Crippen LogP contribution < -0.4 is 10.6 Å². The average Bonchev–Trinajstić information content (AvgIpc) is 2.68. The van der Waals surface area contributed by atoms with Gasteiger partial charge < -0.3 is 10.6 Å². The van der Waals surface area contributed by atoms with Crippen LogP contribution in [0.1, 0.15) is 12.8 Å². The highest BCUT2D eigenvalue weighted by Gasteiger charge is 2.26. The van der Waals surface area contributed by atoms with Crippen LogP contribution in [0.5, 0.6) is 0 Å². The maximum atomic E-state index is 11.7. The van der Waals surface area contributed by atoms with E-state index < -0.39 is 6.04 Å². The molecule has 0 radical (unpaired) electrons. The minimum Gasteiger partial charge on any atom is -0.344 e. The summed E-state index contributed by atoms with van der Waals surface area (Å²) < 4.78 is 0.958. The molecule has 5 heteroatoms. The van der Waals surface area contributed by atoms with Gasteiger partial charge in [0, 0.05) is 16.6 Å². The van der Waals surface area contributed by atoms with Gasteiger partial charge in [0.1, 0.15) is 6.04 Å². The predicted octanol–water partition coefficient (Wildman–Crippen LogP) is 1.67. The van der Waals surface area contributed by atoms with Gasteiger partial charge in [0.15, 0.2) is 0 Å². The second kappa shape index (κ2) is 4.65. The van der Waals surface area contributed by atoms with Crippen LogP contribution in [0.4, 0.5) is 5.69 Å². The fourth-order valence-corrected chi connectivity index (χ4v) is 1.84. The number of benzene rings is 1. The Morgan fingerprint density at radius 2 is 2.06 bits per heavy atom. The van der Waals surface area contributed by atoms with Crippen molar-refractivity contribution in [3.63, 3.8) is 0 Å². The number of carbonyl (C=O) groups is 2. The van der Waals surface area contributed by atoms with E-state index in [9.17, 15) is 9.59 Å². The van der Waals surface area contributed by atoms with Gasteiger partial charge in [-0.1, -0.05) is 15.9 Å². The minimum atomic E-state index is -0.392. The molecule has 84 valence electrons. The Hall–Kier alpha value is -1.36. The molecule has 1 aromatic carbocycles. The molecule has 2 amide bonds. The molecule has 1 atom stereocenters. The molecular weight excluding hydrogens is 272 g/mol. The molecule has 1 aromatic rings. The van der Waals surface area contributed by atoms with Crippen molar-refractivity contribution in [3.05, 3.63) is 28.7 Å². The van der Waals surface area contributed by atoms with Gasteiger partial charge in [-0.15, -0.1) is 0 Å². The number of hydrogen-bond donors (Lipinski definition) is 2. The second-order valence-electron chi connectivity index (χ2n) is 3.65. The standard InChI is InChI=1S/C11H11BrN2O2/c12-7-1-3-8(4-2-7)13-11(16)9-5-6-10(15)14-9/h1-4,9H,5-6H2,(H,13,16)(H,14,15)/t9-/m0/s1. The zero-order valence-corrected chi connectivity index (χ0v) is 10.1. The maximum Gasteiger partial charge on any atom is 0.246 e. The SMILES string of the molecule is O=C1CC[C@@H](C(=O)Nc2ccc(Br)cc2)N1. The molecule has 1 aliphatic rings. The van der Waals surface area contributed by atoms with Gasteiger partial charge in [0.25, 0.3) is 0 Å². The first-order valence-corrected chi connectivity index (χ1v) is 5.80. The number of hydrogen-bond acceptors (Lipinski definition) is 2. The lowest BCUT2D eigenvalue weighted by Crippen LogP contribution is -2.37. The molecule has 4 nitrogen and oxygen atoms in total. The summed E-state index contributed by atoms with van der Waals surface area (Å²) in [5.74, 6) is -0.218. The van der Waals surface area contributed by atoms with Gasteiger partial charge in [-0.25, -0.2) is 0 Å². The summed E-state index contributed by atoms with van der Waals surface area (Å²) in [4.78, 5) is 22.7. The first-order chi connectivity index (χ1) is 7.65. The minimum absolute atomic E-state index is 0.0593. The van der Waals surface area contributed by atoms with Crippen LogP contribution >= 0.6 is 15.9 Å². The molecule has 0 aliphatic carbocycles. The molecule has 0 bridgehead atoms. The van der Waals surface area contributed by atoms with E-state index in [4.69, 9.17) is 0 Å². The lowest BCUT2D eigenvalue weighted by atomic mass is 10.2. The zero-order chi connectivity index (χ0) is 11.5. The second-order valence-corrected chi connectivity index (χ2v) is 4.57. The third kappa shape index (κ3) is 2.61. The van der Waals surface area contributed by atoms with Crippen LogP contribution in [-0.4, -0.2) is 17.9 Å². The number of carbonyl (C=O) groups excluding carboxylic acids is 2. The van der Waals surface area contributed by atoms with E-state index >= 15 is 0 Å². The largest absolute Gasteiger partial charge is 0.344 e. The third-order valence-electron chi connectivity index (χ3n) is 2.42. The van der Waals surface area contributed by atoms with Crippen LogP contribution in [0.3, 0.4) is 0 Å². The maximum absolute atomic E-state index is 11.7. The van der Waals surface area contributed by atoms with Crippen molar-refractivity contribution in [2.75, 3.05) is 5.32 Å². The monoisotopic (exact) mass is 282 g/mol. The third-order valence-corrected chi connectivity index (χ3v) is 2.95. The van der Waals surface area contributed by atoms with Gasteiger partial charge in [0.2, 0.25) is 11.8 Å². The van der Waals surface area contributed by atoms with E-state index in [-0.39, 0.29) is 11.8 Å². The van der Waals surface area contributed by atoms with Gasteiger partial charge in [-0.3, -0.25) is 9.59 Å². The van der Waals surface area contributed by atoms with E-state index in [0.29, 0.717) is 12.8 Å². The quantitative estimate of drug-likeness (QED) is 0.867.